The van der Waals surface area contributed by atoms with E-state index in [1.807, 2.05) is 27.1 Å². The maximum Gasteiger partial charge on any atom is 0.417 e. The molecule has 1 aliphatic heterocycles. The van der Waals surface area contributed by atoms with Crippen molar-refractivity contribution in [3.63, 3.8) is 0 Å². The number of hydrogen-bond donors (Lipinski definition) is 2. The molecule has 8 rings (SSSR count). The SMILES string of the molecule is COc1cc(C(=O)N2CC3CCC2[C@@H]3N)cc2nc(-c3cc4ccc(-c5ccc(C(N)=O)cc5C(F)(F)F)nc4n3CC3CC3)n(C)c12. The minimum atomic E-state index is -4.73. The molecule has 2 amide bonds. The number of methoxy groups -OCH3 is 1. The monoisotopic (exact) mass is 657 g/mol. The molecule has 3 aliphatic rings. The summed E-state index contributed by atoms with van der Waals surface area (Å²) in [4.78, 5) is 37.0. The number of carbonyl (C=O) groups is 2. The number of piperidine rings is 1. The average Bonchev–Trinajstić information content (AvgIpc) is 3.47. The number of imidazole rings is 1. The van der Waals surface area contributed by atoms with Gasteiger partial charge in [0.1, 0.15) is 16.9 Å². The Morgan fingerprint density at radius 2 is 1.79 bits per heavy atom. The maximum absolute atomic E-state index is 14.2. The molecule has 5 aromatic rings. The highest BCUT2D eigenvalue weighted by molar-refractivity contribution is 6.00. The van der Waals surface area contributed by atoms with Crippen LogP contribution in [-0.4, -0.2) is 61.6 Å². The third-order valence-corrected chi connectivity index (χ3v) is 10.3. The number of aromatic nitrogens is 4. The molecule has 0 radical (unpaired) electrons. The maximum atomic E-state index is 14.2. The van der Waals surface area contributed by atoms with E-state index in [-0.39, 0.29) is 34.8 Å². The minimum absolute atomic E-state index is 0.00176. The number of likely N-dealkylation sites (tertiary alicyclic amines) is 1. The van der Waals surface area contributed by atoms with Crippen molar-refractivity contribution in [2.45, 2.75) is 50.5 Å². The van der Waals surface area contributed by atoms with Crippen molar-refractivity contribution in [1.82, 2.24) is 24.0 Å². The first-order valence-electron chi connectivity index (χ1n) is 16.1. The highest BCUT2D eigenvalue weighted by Crippen LogP contribution is 2.42. The lowest BCUT2D eigenvalue weighted by Crippen LogP contribution is -2.41. The van der Waals surface area contributed by atoms with Crippen molar-refractivity contribution in [3.8, 4) is 28.5 Å². The second-order valence-electron chi connectivity index (χ2n) is 13.3. The van der Waals surface area contributed by atoms with Crippen molar-refractivity contribution in [2.24, 2.45) is 30.4 Å². The quantitative estimate of drug-likeness (QED) is 0.242. The number of benzene rings is 2. The van der Waals surface area contributed by atoms with Gasteiger partial charge in [0.05, 0.1) is 29.6 Å². The molecule has 48 heavy (non-hydrogen) atoms. The van der Waals surface area contributed by atoms with Crippen LogP contribution in [0.4, 0.5) is 13.2 Å². The fourth-order valence-corrected chi connectivity index (χ4v) is 7.63. The molecule has 2 saturated carbocycles. The van der Waals surface area contributed by atoms with Gasteiger partial charge in [0.2, 0.25) is 5.91 Å². The molecule has 3 atom stereocenters. The van der Waals surface area contributed by atoms with Gasteiger partial charge in [-0.2, -0.15) is 13.2 Å². The number of amides is 2. The zero-order valence-corrected chi connectivity index (χ0v) is 26.4. The summed E-state index contributed by atoms with van der Waals surface area (Å²) >= 11 is 0. The molecule has 10 nitrogen and oxygen atoms in total. The van der Waals surface area contributed by atoms with Gasteiger partial charge in [0.15, 0.2) is 5.82 Å². The summed E-state index contributed by atoms with van der Waals surface area (Å²) in [5, 5.41) is 0.743. The van der Waals surface area contributed by atoms with Gasteiger partial charge < -0.3 is 30.2 Å². The summed E-state index contributed by atoms with van der Waals surface area (Å²) in [7, 11) is 3.44. The molecule has 2 aliphatic carbocycles. The topological polar surface area (TPSA) is 134 Å². The number of pyridine rings is 1. The third-order valence-electron chi connectivity index (χ3n) is 10.3. The number of ether oxygens (including phenoxy) is 1. The highest BCUT2D eigenvalue weighted by atomic mass is 19.4. The number of alkyl halides is 3. The second-order valence-corrected chi connectivity index (χ2v) is 13.3. The van der Waals surface area contributed by atoms with Crippen LogP contribution in [0.1, 0.15) is 52.0 Å². The summed E-state index contributed by atoms with van der Waals surface area (Å²) in [5.41, 5.74) is 13.5. The summed E-state index contributed by atoms with van der Waals surface area (Å²) in [6.45, 7) is 1.26. The van der Waals surface area contributed by atoms with Crippen LogP contribution in [0.3, 0.4) is 0 Å². The summed E-state index contributed by atoms with van der Waals surface area (Å²) in [5.74, 6) is 0.810. The van der Waals surface area contributed by atoms with Crippen molar-refractivity contribution < 1.29 is 27.5 Å². The standard InChI is InChI=1S/C35H34F3N7O3/c1-43-30-25(12-21(14-28(30)48-2)34(47)45-16-20-7-10-26(45)29(20)39)42-33(43)27-13-19-6-9-24(41-32(19)44(27)15-17-3-4-17)22-8-5-18(31(40)46)11-23(22)35(36,37)38/h5-6,8-9,11-14,17,20,26,29H,3-4,7,10,15-16,39H2,1-2H3,(H2,40,46)/t20?,26?,29-/m1/s1. The fraction of sp³-hybridized carbons (Fsp3) is 0.371. The van der Waals surface area contributed by atoms with E-state index in [2.05, 4.69) is 0 Å². The van der Waals surface area contributed by atoms with Gasteiger partial charge in [0.25, 0.3) is 5.91 Å². The zero-order chi connectivity index (χ0) is 33.6. The molecule has 248 valence electrons. The number of nitrogens with two attached hydrogens (primary N) is 2. The van der Waals surface area contributed by atoms with Gasteiger partial charge in [-0.3, -0.25) is 9.59 Å². The zero-order valence-electron chi connectivity index (χ0n) is 26.4. The molecule has 2 unspecified atom stereocenters. The Bertz CT molecular complexity index is 2150. The lowest BCUT2D eigenvalue weighted by atomic mass is 10.00. The minimum Gasteiger partial charge on any atom is -0.494 e. The predicted molar refractivity (Wildman–Crippen MR) is 173 cm³/mol. The number of primary amides is 1. The van der Waals surface area contributed by atoms with Crippen molar-refractivity contribution in [3.05, 3.63) is 65.2 Å². The Morgan fingerprint density at radius 3 is 2.44 bits per heavy atom. The van der Waals surface area contributed by atoms with E-state index in [1.165, 1.54) is 12.1 Å². The number of fused-ring (bicyclic) bond motifs is 4. The van der Waals surface area contributed by atoms with Gasteiger partial charge in [-0.15, -0.1) is 0 Å². The Morgan fingerprint density at radius 1 is 1.00 bits per heavy atom. The molecule has 13 heteroatoms. The fourth-order valence-electron chi connectivity index (χ4n) is 7.63. The van der Waals surface area contributed by atoms with Gasteiger partial charge in [-0.1, -0.05) is 6.07 Å². The van der Waals surface area contributed by atoms with Crippen LogP contribution in [0, 0.1) is 11.8 Å². The largest absolute Gasteiger partial charge is 0.494 e. The van der Waals surface area contributed by atoms with E-state index in [4.69, 9.17) is 26.2 Å². The van der Waals surface area contributed by atoms with Crippen molar-refractivity contribution >= 4 is 33.9 Å². The molecular weight excluding hydrogens is 623 g/mol. The van der Waals surface area contributed by atoms with Crippen molar-refractivity contribution in [1.29, 1.82) is 0 Å². The predicted octanol–water partition coefficient (Wildman–Crippen LogP) is 5.36. The first-order chi connectivity index (χ1) is 22.9. The third kappa shape index (κ3) is 4.82. The van der Waals surface area contributed by atoms with Crippen LogP contribution in [0.25, 0.3) is 44.8 Å². The first kappa shape index (κ1) is 30.4. The summed E-state index contributed by atoms with van der Waals surface area (Å²) in [6, 6.07) is 12.1. The number of aryl methyl sites for hydroxylation is 1. The Kier molecular flexibility index (Phi) is 6.85. The molecule has 3 fully saturated rings. The molecule has 0 spiro atoms. The average molecular weight is 658 g/mol. The molecule has 2 bridgehead atoms. The molecular formula is C35H34F3N7O3. The molecule has 4 N–H and O–H groups in total. The Hall–Kier alpha value is -4.91. The lowest BCUT2D eigenvalue weighted by molar-refractivity contribution is -0.137. The Balaban J connectivity index is 1.25. The number of carbonyl (C=O) groups excluding carboxylic acids is 2. The molecule has 3 aromatic heterocycles. The van der Waals surface area contributed by atoms with E-state index >= 15 is 0 Å². The van der Waals surface area contributed by atoms with Gasteiger partial charge in [-0.05, 0) is 80.0 Å². The van der Waals surface area contributed by atoms with E-state index < -0.39 is 17.6 Å². The van der Waals surface area contributed by atoms with Gasteiger partial charge >= 0.3 is 6.18 Å². The van der Waals surface area contributed by atoms with Crippen LogP contribution in [-0.2, 0) is 19.8 Å². The summed E-state index contributed by atoms with van der Waals surface area (Å²) < 4.78 is 52.2. The summed E-state index contributed by atoms with van der Waals surface area (Å²) in [6.07, 6.45) is -0.712. The van der Waals surface area contributed by atoms with Gasteiger partial charge in [0, 0.05) is 54.3 Å². The lowest BCUT2D eigenvalue weighted by Gasteiger charge is -2.27. The first-order valence-corrected chi connectivity index (χ1v) is 16.1. The highest BCUT2D eigenvalue weighted by Gasteiger charge is 2.47. The van der Waals surface area contributed by atoms with Crippen LogP contribution in [0.2, 0.25) is 0 Å². The van der Waals surface area contributed by atoms with Gasteiger partial charge in [-0.25, -0.2) is 9.97 Å². The van der Waals surface area contributed by atoms with Crippen LogP contribution >= 0.6 is 0 Å². The number of nitrogens with zero attached hydrogens (tertiary/aromatic N) is 5. The van der Waals surface area contributed by atoms with Crippen LogP contribution < -0.4 is 16.2 Å². The number of rotatable bonds is 7. The van der Waals surface area contributed by atoms with E-state index in [0.717, 1.165) is 42.8 Å². The molecule has 1 saturated heterocycles. The number of halogens is 3. The van der Waals surface area contributed by atoms with Crippen LogP contribution in [0.5, 0.6) is 5.75 Å². The second kappa shape index (κ2) is 10.8. The molecule has 4 heterocycles. The number of hydrogen-bond acceptors (Lipinski definition) is 6. The smallest absolute Gasteiger partial charge is 0.417 e. The van der Waals surface area contributed by atoms with E-state index in [9.17, 15) is 22.8 Å². The van der Waals surface area contributed by atoms with Crippen LogP contribution in [0.15, 0.2) is 48.5 Å². The van der Waals surface area contributed by atoms with E-state index in [0.29, 0.717) is 58.7 Å². The van der Waals surface area contributed by atoms with E-state index in [1.54, 1.807) is 31.4 Å². The molecule has 2 aromatic carbocycles. The Labute approximate surface area is 273 Å². The van der Waals surface area contributed by atoms with Crippen molar-refractivity contribution in [2.75, 3.05) is 13.7 Å². The normalized spacial score (nSPS) is 20.7.